The smallest absolute Gasteiger partial charge is 0.262 e. The van der Waals surface area contributed by atoms with Gasteiger partial charge in [-0.15, -0.1) is 0 Å². The molecule has 0 aliphatic heterocycles. The highest BCUT2D eigenvalue weighted by Crippen LogP contribution is 2.13. The molecule has 0 fully saturated rings. The summed E-state index contributed by atoms with van der Waals surface area (Å²) in [5, 5.41) is 7.03. The lowest BCUT2D eigenvalue weighted by Gasteiger charge is -2.09. The van der Waals surface area contributed by atoms with Crippen molar-refractivity contribution >= 4 is 11.6 Å². The van der Waals surface area contributed by atoms with Crippen molar-refractivity contribution in [1.29, 1.82) is 0 Å². The molecular formula is C19H19N3O2. The van der Waals surface area contributed by atoms with Gasteiger partial charge in [-0.05, 0) is 42.8 Å². The number of carbonyl (C=O) groups excluding carboxylic acids is 1. The first kappa shape index (κ1) is 15.8. The number of hydrogen-bond donors (Lipinski definition) is 1. The minimum absolute atomic E-state index is 0.0214. The lowest BCUT2D eigenvalue weighted by Crippen LogP contribution is -2.20. The van der Waals surface area contributed by atoms with Gasteiger partial charge in [-0.1, -0.05) is 29.8 Å². The standard InChI is InChI=1S/C19H19N3O2/c1-15-6-8-18(9-7-15)24-14-19(23)21-17-5-2-4-16(12-17)13-22-11-3-10-20-22/h2-12H,13-14H2,1H3,(H,21,23). The second-order valence-corrected chi connectivity index (χ2v) is 5.55. The number of aryl methyl sites for hydroxylation is 1. The van der Waals surface area contributed by atoms with Crippen molar-refractivity contribution in [1.82, 2.24) is 9.78 Å². The molecule has 0 aliphatic carbocycles. The Balaban J connectivity index is 1.55. The van der Waals surface area contributed by atoms with Crippen LogP contribution in [0.2, 0.25) is 0 Å². The summed E-state index contributed by atoms with van der Waals surface area (Å²) in [4.78, 5) is 12.0. The van der Waals surface area contributed by atoms with Crippen LogP contribution in [0, 0.1) is 6.92 Å². The molecule has 2 aromatic carbocycles. The molecule has 122 valence electrons. The van der Waals surface area contributed by atoms with Gasteiger partial charge in [0.05, 0.1) is 6.54 Å². The molecule has 1 heterocycles. The molecule has 0 radical (unpaired) electrons. The minimum Gasteiger partial charge on any atom is -0.484 e. The molecule has 0 bridgehead atoms. The van der Waals surface area contributed by atoms with Gasteiger partial charge in [-0.3, -0.25) is 9.48 Å². The van der Waals surface area contributed by atoms with Crippen molar-refractivity contribution in [2.24, 2.45) is 0 Å². The number of nitrogens with one attached hydrogen (secondary N) is 1. The highest BCUT2D eigenvalue weighted by atomic mass is 16.5. The van der Waals surface area contributed by atoms with Crippen molar-refractivity contribution in [3.05, 3.63) is 78.1 Å². The molecule has 1 aromatic heterocycles. The quantitative estimate of drug-likeness (QED) is 0.758. The van der Waals surface area contributed by atoms with Crippen molar-refractivity contribution in [2.75, 3.05) is 11.9 Å². The van der Waals surface area contributed by atoms with Crippen LogP contribution in [0.5, 0.6) is 5.75 Å². The topological polar surface area (TPSA) is 56.1 Å². The summed E-state index contributed by atoms with van der Waals surface area (Å²) in [7, 11) is 0. The van der Waals surface area contributed by atoms with E-state index in [2.05, 4.69) is 10.4 Å². The molecule has 0 saturated heterocycles. The average Bonchev–Trinajstić information content (AvgIpc) is 3.08. The molecule has 1 amide bonds. The summed E-state index contributed by atoms with van der Waals surface area (Å²) in [5.74, 6) is 0.495. The predicted molar refractivity (Wildman–Crippen MR) is 93.1 cm³/mol. The zero-order valence-corrected chi connectivity index (χ0v) is 13.5. The number of anilines is 1. The van der Waals surface area contributed by atoms with E-state index < -0.39 is 0 Å². The van der Waals surface area contributed by atoms with Gasteiger partial charge in [0, 0.05) is 18.1 Å². The zero-order valence-electron chi connectivity index (χ0n) is 13.5. The Morgan fingerprint density at radius 2 is 2.00 bits per heavy atom. The van der Waals surface area contributed by atoms with Gasteiger partial charge in [0.25, 0.3) is 5.91 Å². The molecule has 0 aliphatic rings. The van der Waals surface area contributed by atoms with E-state index in [-0.39, 0.29) is 12.5 Å². The number of carbonyl (C=O) groups is 1. The second kappa shape index (κ2) is 7.46. The fraction of sp³-hybridized carbons (Fsp3) is 0.158. The molecule has 3 rings (SSSR count). The first-order valence-corrected chi connectivity index (χ1v) is 7.75. The molecule has 24 heavy (non-hydrogen) atoms. The first-order valence-electron chi connectivity index (χ1n) is 7.75. The SMILES string of the molecule is Cc1ccc(OCC(=O)Nc2cccc(Cn3cccn3)c2)cc1. The third-order valence-corrected chi connectivity index (χ3v) is 3.51. The Kier molecular flexibility index (Phi) is 4.91. The fourth-order valence-corrected chi connectivity index (χ4v) is 2.31. The summed E-state index contributed by atoms with van der Waals surface area (Å²) in [6, 6.07) is 17.2. The molecule has 0 spiro atoms. The van der Waals surface area contributed by atoms with Gasteiger partial charge in [0.2, 0.25) is 0 Å². The van der Waals surface area contributed by atoms with Crippen LogP contribution >= 0.6 is 0 Å². The fourth-order valence-electron chi connectivity index (χ4n) is 2.31. The van der Waals surface area contributed by atoms with Gasteiger partial charge in [0.1, 0.15) is 5.75 Å². The van der Waals surface area contributed by atoms with E-state index in [1.54, 1.807) is 6.20 Å². The third-order valence-electron chi connectivity index (χ3n) is 3.51. The van der Waals surface area contributed by atoms with E-state index in [1.165, 1.54) is 0 Å². The number of ether oxygens (including phenoxy) is 1. The molecule has 5 heteroatoms. The number of rotatable bonds is 6. The summed E-state index contributed by atoms with van der Waals surface area (Å²) >= 11 is 0. The second-order valence-electron chi connectivity index (χ2n) is 5.55. The molecule has 0 atom stereocenters. The normalized spacial score (nSPS) is 10.4. The third kappa shape index (κ3) is 4.46. The van der Waals surface area contributed by atoms with Crippen LogP contribution in [0.1, 0.15) is 11.1 Å². The minimum atomic E-state index is -0.188. The average molecular weight is 321 g/mol. The highest BCUT2D eigenvalue weighted by Gasteiger charge is 2.05. The van der Waals surface area contributed by atoms with E-state index in [0.29, 0.717) is 12.3 Å². The number of hydrogen-bond acceptors (Lipinski definition) is 3. The Labute approximate surface area is 140 Å². The Morgan fingerprint density at radius 1 is 1.17 bits per heavy atom. The van der Waals surface area contributed by atoms with E-state index in [1.807, 2.05) is 72.4 Å². The van der Waals surface area contributed by atoms with Crippen LogP contribution in [0.25, 0.3) is 0 Å². The van der Waals surface area contributed by atoms with Gasteiger partial charge >= 0.3 is 0 Å². The molecule has 5 nitrogen and oxygen atoms in total. The zero-order chi connectivity index (χ0) is 16.8. The Morgan fingerprint density at radius 3 is 2.75 bits per heavy atom. The maximum atomic E-state index is 12.0. The van der Waals surface area contributed by atoms with E-state index >= 15 is 0 Å². The summed E-state index contributed by atoms with van der Waals surface area (Å²) in [6.07, 6.45) is 3.65. The van der Waals surface area contributed by atoms with Gasteiger partial charge < -0.3 is 10.1 Å². The molecule has 3 aromatic rings. The monoisotopic (exact) mass is 321 g/mol. The summed E-state index contributed by atoms with van der Waals surface area (Å²) in [6.45, 7) is 2.65. The number of nitrogens with zero attached hydrogens (tertiary/aromatic N) is 2. The maximum absolute atomic E-state index is 12.0. The van der Waals surface area contributed by atoms with Crippen molar-refractivity contribution < 1.29 is 9.53 Å². The van der Waals surface area contributed by atoms with Gasteiger partial charge in [-0.2, -0.15) is 5.10 Å². The lowest BCUT2D eigenvalue weighted by molar-refractivity contribution is -0.118. The van der Waals surface area contributed by atoms with E-state index in [0.717, 1.165) is 16.8 Å². The van der Waals surface area contributed by atoms with Gasteiger partial charge in [-0.25, -0.2) is 0 Å². The van der Waals surface area contributed by atoms with Crippen LogP contribution in [0.15, 0.2) is 67.0 Å². The van der Waals surface area contributed by atoms with Crippen LogP contribution < -0.4 is 10.1 Å². The van der Waals surface area contributed by atoms with Crippen molar-refractivity contribution in [3.8, 4) is 5.75 Å². The maximum Gasteiger partial charge on any atom is 0.262 e. The highest BCUT2D eigenvalue weighted by molar-refractivity contribution is 5.91. The number of amides is 1. The largest absolute Gasteiger partial charge is 0.484 e. The van der Waals surface area contributed by atoms with Crippen molar-refractivity contribution in [3.63, 3.8) is 0 Å². The van der Waals surface area contributed by atoms with Gasteiger partial charge in [0.15, 0.2) is 6.61 Å². The number of benzene rings is 2. The van der Waals surface area contributed by atoms with Crippen LogP contribution in [-0.2, 0) is 11.3 Å². The molecular weight excluding hydrogens is 302 g/mol. The summed E-state index contributed by atoms with van der Waals surface area (Å²) in [5.41, 5.74) is 2.97. The lowest BCUT2D eigenvalue weighted by atomic mass is 10.2. The molecule has 0 unspecified atom stereocenters. The predicted octanol–water partition coefficient (Wildman–Crippen LogP) is 3.26. The molecule has 0 saturated carbocycles. The number of aromatic nitrogens is 2. The van der Waals surface area contributed by atoms with E-state index in [9.17, 15) is 4.79 Å². The van der Waals surface area contributed by atoms with E-state index in [4.69, 9.17) is 4.74 Å². The molecule has 1 N–H and O–H groups in total. The first-order chi connectivity index (χ1) is 11.7. The van der Waals surface area contributed by atoms with Crippen LogP contribution in [0.3, 0.4) is 0 Å². The van der Waals surface area contributed by atoms with Crippen molar-refractivity contribution in [2.45, 2.75) is 13.5 Å². The van der Waals surface area contributed by atoms with Crippen LogP contribution in [0.4, 0.5) is 5.69 Å². The Bertz CT molecular complexity index is 796. The Hall–Kier alpha value is -3.08. The summed E-state index contributed by atoms with van der Waals surface area (Å²) < 4.78 is 7.32. The van der Waals surface area contributed by atoms with Crippen LogP contribution in [-0.4, -0.2) is 22.3 Å².